The molecule has 2 rings (SSSR count). The van der Waals surface area contributed by atoms with Gasteiger partial charge in [0.2, 0.25) is 0 Å². The lowest BCUT2D eigenvalue weighted by Gasteiger charge is -2.06. The first kappa shape index (κ1) is 12.3. The predicted molar refractivity (Wildman–Crippen MR) is 69.8 cm³/mol. The number of benzene rings is 1. The summed E-state index contributed by atoms with van der Waals surface area (Å²) in [5, 5.41) is 9.14. The summed E-state index contributed by atoms with van der Waals surface area (Å²) in [5.74, 6) is 0.565. The van der Waals surface area contributed by atoms with E-state index >= 15 is 0 Å². The van der Waals surface area contributed by atoms with Crippen molar-refractivity contribution >= 4 is 34.5 Å². The van der Waals surface area contributed by atoms with Crippen LogP contribution >= 0.6 is 34.5 Å². The molecule has 0 aliphatic heterocycles. The van der Waals surface area contributed by atoms with Crippen LogP contribution in [0.3, 0.4) is 0 Å². The Morgan fingerprint density at radius 3 is 2.65 bits per heavy atom. The summed E-state index contributed by atoms with van der Waals surface area (Å²) < 4.78 is 6.28. The van der Waals surface area contributed by atoms with E-state index in [0.29, 0.717) is 22.9 Å². The molecule has 0 amide bonds. The molecule has 0 unspecified atom stereocenters. The summed E-state index contributed by atoms with van der Waals surface area (Å²) >= 11 is 13.3. The van der Waals surface area contributed by atoms with Gasteiger partial charge >= 0.3 is 0 Å². The third-order valence-corrected chi connectivity index (χ3v) is 3.56. The van der Waals surface area contributed by atoms with Crippen LogP contribution in [-0.4, -0.2) is 0 Å². The van der Waals surface area contributed by atoms with Crippen molar-refractivity contribution in [1.29, 1.82) is 5.26 Å². The second-order valence-electron chi connectivity index (χ2n) is 3.25. The van der Waals surface area contributed by atoms with Gasteiger partial charge in [0.25, 0.3) is 0 Å². The number of rotatable bonds is 3. The van der Waals surface area contributed by atoms with E-state index in [2.05, 4.69) is 0 Å². The third kappa shape index (κ3) is 3.13. The lowest BCUT2D eigenvalue weighted by Crippen LogP contribution is -1.93. The Hall–Kier alpha value is -1.21. The van der Waals surface area contributed by atoms with Gasteiger partial charge < -0.3 is 4.74 Å². The Kier molecular flexibility index (Phi) is 3.90. The monoisotopic (exact) mass is 283 g/mol. The van der Waals surface area contributed by atoms with Crippen molar-refractivity contribution < 1.29 is 4.74 Å². The Labute approximate surface area is 113 Å². The summed E-state index contributed by atoms with van der Waals surface area (Å²) in [6.45, 7) is 0.420. The second-order valence-corrected chi connectivity index (χ2v) is 5.46. The molecule has 0 fully saturated rings. The van der Waals surface area contributed by atoms with Gasteiger partial charge in [-0.25, -0.2) is 0 Å². The molecule has 0 saturated carbocycles. The Morgan fingerprint density at radius 2 is 2.06 bits per heavy atom. The Morgan fingerprint density at radius 1 is 1.24 bits per heavy atom. The fourth-order valence-electron chi connectivity index (χ4n) is 1.27. The molecular weight excluding hydrogens is 277 g/mol. The molecule has 17 heavy (non-hydrogen) atoms. The summed E-state index contributed by atoms with van der Waals surface area (Å²) in [6.07, 6.45) is 0. The van der Waals surface area contributed by atoms with Crippen LogP contribution in [0.15, 0.2) is 30.3 Å². The minimum atomic E-state index is 0.420. The molecule has 0 N–H and O–H groups in total. The molecule has 0 aliphatic carbocycles. The van der Waals surface area contributed by atoms with E-state index in [1.165, 1.54) is 11.3 Å². The van der Waals surface area contributed by atoms with E-state index < -0.39 is 0 Å². The number of hydrogen-bond acceptors (Lipinski definition) is 3. The van der Waals surface area contributed by atoms with E-state index in [9.17, 15) is 0 Å². The molecule has 1 heterocycles. The fraction of sp³-hybridized carbons (Fsp3) is 0.0833. The number of nitriles is 1. The molecule has 0 spiro atoms. The van der Waals surface area contributed by atoms with Gasteiger partial charge in [-0.15, -0.1) is 11.3 Å². The maximum Gasteiger partial charge on any atom is 0.138 e. The van der Waals surface area contributed by atoms with Crippen LogP contribution in [0, 0.1) is 11.3 Å². The molecule has 0 radical (unpaired) electrons. The topological polar surface area (TPSA) is 33.0 Å². The highest BCUT2D eigenvalue weighted by molar-refractivity contribution is 7.16. The maximum atomic E-state index is 8.70. The maximum absolute atomic E-state index is 8.70. The van der Waals surface area contributed by atoms with Gasteiger partial charge in [-0.3, -0.25) is 0 Å². The summed E-state index contributed by atoms with van der Waals surface area (Å²) in [7, 11) is 0. The van der Waals surface area contributed by atoms with Crippen LogP contribution in [0.5, 0.6) is 5.75 Å². The Balaban J connectivity index is 2.07. The van der Waals surface area contributed by atoms with E-state index in [1.54, 1.807) is 18.2 Å². The van der Waals surface area contributed by atoms with Gasteiger partial charge in [0, 0.05) is 4.88 Å². The third-order valence-electron chi connectivity index (χ3n) is 2.06. The van der Waals surface area contributed by atoms with Gasteiger partial charge in [-0.2, -0.15) is 5.26 Å². The summed E-state index contributed by atoms with van der Waals surface area (Å²) in [5.41, 5.74) is 0.515. The first-order chi connectivity index (χ1) is 8.19. The second kappa shape index (κ2) is 5.42. The van der Waals surface area contributed by atoms with Crippen molar-refractivity contribution in [3.63, 3.8) is 0 Å². The molecule has 0 aliphatic rings. The van der Waals surface area contributed by atoms with Crippen LogP contribution in [-0.2, 0) is 6.61 Å². The zero-order chi connectivity index (χ0) is 12.3. The highest BCUT2D eigenvalue weighted by Crippen LogP contribution is 2.28. The average Bonchev–Trinajstić information content (AvgIpc) is 2.73. The van der Waals surface area contributed by atoms with Gasteiger partial charge in [0.05, 0.1) is 21.0 Å². The Bertz CT molecular complexity index is 574. The van der Waals surface area contributed by atoms with Crippen molar-refractivity contribution in [2.75, 3.05) is 0 Å². The summed E-state index contributed by atoms with van der Waals surface area (Å²) in [6, 6.07) is 10.7. The van der Waals surface area contributed by atoms with Gasteiger partial charge in [-0.05, 0) is 30.3 Å². The highest BCUT2D eigenvalue weighted by atomic mass is 35.5. The molecule has 5 heteroatoms. The minimum absolute atomic E-state index is 0.420. The molecule has 86 valence electrons. The highest BCUT2D eigenvalue weighted by Gasteiger charge is 2.04. The molecular formula is C12H7Cl2NOS. The van der Waals surface area contributed by atoms with Gasteiger partial charge in [-0.1, -0.05) is 23.2 Å². The molecule has 2 aromatic rings. The zero-order valence-electron chi connectivity index (χ0n) is 8.61. The van der Waals surface area contributed by atoms with Crippen LogP contribution in [0.1, 0.15) is 10.4 Å². The van der Waals surface area contributed by atoms with Gasteiger partial charge in [0.15, 0.2) is 0 Å². The normalized spacial score (nSPS) is 9.94. The minimum Gasteiger partial charge on any atom is -0.487 e. The van der Waals surface area contributed by atoms with Crippen molar-refractivity contribution in [3.05, 3.63) is 50.1 Å². The fourth-order valence-corrected chi connectivity index (χ4v) is 2.50. The van der Waals surface area contributed by atoms with E-state index in [-0.39, 0.29) is 0 Å². The quantitative estimate of drug-likeness (QED) is 0.831. The molecule has 0 bridgehead atoms. The molecule has 1 aromatic carbocycles. The predicted octanol–water partition coefficient (Wildman–Crippen LogP) is 4.51. The largest absolute Gasteiger partial charge is 0.487 e. The van der Waals surface area contributed by atoms with Crippen molar-refractivity contribution in [1.82, 2.24) is 0 Å². The van der Waals surface area contributed by atoms with Crippen molar-refractivity contribution in [2.24, 2.45) is 0 Å². The molecule has 0 saturated heterocycles. The van der Waals surface area contributed by atoms with Crippen LogP contribution in [0.25, 0.3) is 0 Å². The smallest absolute Gasteiger partial charge is 0.138 e. The zero-order valence-corrected chi connectivity index (χ0v) is 10.9. The standard InChI is InChI=1S/C12H7Cl2NOS/c13-10-5-8(6-15)1-3-11(10)16-7-9-2-4-12(14)17-9/h1-5H,7H2. The molecule has 2 nitrogen and oxygen atoms in total. The van der Waals surface area contributed by atoms with Crippen molar-refractivity contribution in [3.8, 4) is 11.8 Å². The summed E-state index contributed by atoms with van der Waals surface area (Å²) in [4.78, 5) is 1.02. The lowest BCUT2D eigenvalue weighted by molar-refractivity contribution is 0.310. The first-order valence-electron chi connectivity index (χ1n) is 4.75. The number of ether oxygens (including phenoxy) is 1. The van der Waals surface area contributed by atoms with E-state index in [4.69, 9.17) is 33.2 Å². The van der Waals surface area contributed by atoms with E-state index in [1.807, 2.05) is 18.2 Å². The first-order valence-corrected chi connectivity index (χ1v) is 6.33. The number of nitrogens with zero attached hydrogens (tertiary/aromatic N) is 1. The number of hydrogen-bond donors (Lipinski definition) is 0. The van der Waals surface area contributed by atoms with Crippen molar-refractivity contribution in [2.45, 2.75) is 6.61 Å². The van der Waals surface area contributed by atoms with Crippen LogP contribution in [0.4, 0.5) is 0 Å². The average molecular weight is 284 g/mol. The van der Waals surface area contributed by atoms with Crippen LogP contribution in [0.2, 0.25) is 9.36 Å². The molecule has 1 aromatic heterocycles. The SMILES string of the molecule is N#Cc1ccc(OCc2ccc(Cl)s2)c(Cl)c1. The molecule has 0 atom stereocenters. The van der Waals surface area contributed by atoms with E-state index in [0.717, 1.165) is 9.21 Å². The number of thiophene rings is 1. The van der Waals surface area contributed by atoms with Crippen LogP contribution < -0.4 is 4.74 Å². The van der Waals surface area contributed by atoms with Gasteiger partial charge in [0.1, 0.15) is 12.4 Å². The lowest BCUT2D eigenvalue weighted by atomic mass is 10.2. The number of halogens is 2.